The quantitative estimate of drug-likeness (QED) is 0.105. The summed E-state index contributed by atoms with van der Waals surface area (Å²) in [5.74, 6) is 0. The normalized spacial score (nSPS) is 14.9. The van der Waals surface area contributed by atoms with E-state index in [1.807, 2.05) is 0 Å². The van der Waals surface area contributed by atoms with Gasteiger partial charge in [-0.15, -0.1) is 0 Å². The summed E-state index contributed by atoms with van der Waals surface area (Å²) in [6, 6.07) is 0. The van der Waals surface area contributed by atoms with Crippen LogP contribution in [0.5, 0.6) is 0 Å². The zero-order chi connectivity index (χ0) is 27.4. The van der Waals surface area contributed by atoms with E-state index in [9.17, 15) is 0 Å². The first-order chi connectivity index (χ1) is 18.6. The number of rotatable bonds is 29. The van der Waals surface area contributed by atoms with E-state index in [4.69, 9.17) is 47.1 Å². The van der Waals surface area contributed by atoms with Gasteiger partial charge in [0.25, 0.3) is 0 Å². The Morgan fingerprint density at radius 3 is 1.05 bits per heavy atom. The van der Waals surface area contributed by atoms with Crippen LogP contribution in [0.4, 0.5) is 0 Å². The van der Waals surface area contributed by atoms with E-state index < -0.39 is 8.32 Å². The number of piperidine rings is 1. The lowest BCUT2D eigenvalue weighted by Gasteiger charge is -2.22. The van der Waals surface area contributed by atoms with Crippen molar-refractivity contribution in [3.8, 4) is 0 Å². The van der Waals surface area contributed by atoms with Crippen LogP contribution >= 0.6 is 0 Å². The molecule has 1 aliphatic rings. The van der Waals surface area contributed by atoms with Crippen molar-refractivity contribution in [2.45, 2.75) is 38.6 Å². The molecule has 38 heavy (non-hydrogen) atoms. The molecule has 11 nitrogen and oxygen atoms in total. The maximum absolute atomic E-state index is 5.78. The van der Waals surface area contributed by atoms with Crippen molar-refractivity contribution in [3.05, 3.63) is 0 Å². The lowest BCUT2D eigenvalue weighted by Crippen LogP contribution is -2.33. The van der Waals surface area contributed by atoms with Gasteiger partial charge in [0.2, 0.25) is 0 Å². The van der Waals surface area contributed by atoms with Crippen molar-refractivity contribution < 1.29 is 47.1 Å². The van der Waals surface area contributed by atoms with E-state index in [2.05, 4.69) is 25.0 Å². The van der Waals surface area contributed by atoms with E-state index >= 15 is 0 Å². The molecule has 0 radical (unpaired) electrons. The molecule has 1 fully saturated rings. The van der Waals surface area contributed by atoms with Gasteiger partial charge < -0.3 is 52.4 Å². The molecule has 1 rings (SSSR count). The summed E-state index contributed by atoms with van der Waals surface area (Å²) in [5.41, 5.74) is 0. The third-order valence-corrected chi connectivity index (χ3v) is 6.30. The van der Waals surface area contributed by atoms with E-state index in [0.717, 1.165) is 25.9 Å². The van der Waals surface area contributed by atoms with Gasteiger partial charge in [0.15, 0.2) is 8.32 Å². The molecule has 228 valence electrons. The molecule has 1 heterocycles. The SMILES string of the molecule is C[Si](C)(C)OCCOCCOCCOCCOCCOCCOCCOCCOCCOC1CCNCC1. The molecule has 0 aromatic carbocycles. The molecule has 0 spiro atoms. The maximum Gasteiger partial charge on any atom is 0.183 e. The minimum atomic E-state index is -1.44. The van der Waals surface area contributed by atoms with Gasteiger partial charge in [0.1, 0.15) is 0 Å². The second-order valence-electron chi connectivity index (χ2n) is 9.68. The predicted molar refractivity (Wildman–Crippen MR) is 148 cm³/mol. The Labute approximate surface area is 231 Å². The van der Waals surface area contributed by atoms with Crippen LogP contribution < -0.4 is 5.32 Å². The van der Waals surface area contributed by atoms with Gasteiger partial charge in [0, 0.05) is 0 Å². The molecule has 0 amide bonds. The molecule has 0 aliphatic carbocycles. The van der Waals surface area contributed by atoms with E-state index in [0.29, 0.717) is 125 Å². The average molecular weight is 570 g/mol. The topological polar surface area (TPSA) is 104 Å². The lowest BCUT2D eigenvalue weighted by atomic mass is 10.1. The Bertz CT molecular complexity index is 481. The third kappa shape index (κ3) is 27.3. The Kier molecular flexibility index (Phi) is 25.4. The highest BCUT2D eigenvalue weighted by Gasteiger charge is 2.13. The first kappa shape index (κ1) is 35.8. The van der Waals surface area contributed by atoms with E-state index in [1.54, 1.807) is 0 Å². The monoisotopic (exact) mass is 569 g/mol. The summed E-state index contributed by atoms with van der Waals surface area (Å²) < 4.78 is 55.3. The van der Waals surface area contributed by atoms with Crippen LogP contribution in [0.3, 0.4) is 0 Å². The Hall–Kier alpha value is -0.223. The number of nitrogens with one attached hydrogen (secondary N) is 1. The largest absolute Gasteiger partial charge is 0.415 e. The Morgan fingerprint density at radius 2 is 0.737 bits per heavy atom. The van der Waals surface area contributed by atoms with E-state index in [1.165, 1.54) is 0 Å². The van der Waals surface area contributed by atoms with Crippen molar-refractivity contribution in [1.82, 2.24) is 5.32 Å². The number of hydrogen-bond acceptors (Lipinski definition) is 11. The predicted octanol–water partition coefficient (Wildman–Crippen LogP) is 1.74. The zero-order valence-electron chi connectivity index (χ0n) is 24.2. The summed E-state index contributed by atoms with van der Waals surface area (Å²) in [7, 11) is -1.44. The van der Waals surface area contributed by atoms with Crippen molar-refractivity contribution >= 4 is 8.32 Å². The zero-order valence-corrected chi connectivity index (χ0v) is 25.2. The lowest BCUT2D eigenvalue weighted by molar-refractivity contribution is -0.0319. The highest BCUT2D eigenvalue weighted by atomic mass is 28.4. The van der Waals surface area contributed by atoms with Crippen LogP contribution in [-0.4, -0.2) is 146 Å². The molecule has 12 heteroatoms. The minimum Gasteiger partial charge on any atom is -0.415 e. The highest BCUT2D eigenvalue weighted by Crippen LogP contribution is 2.06. The molecular formula is C26H55NO10Si. The maximum atomic E-state index is 5.78. The number of ether oxygens (including phenoxy) is 9. The van der Waals surface area contributed by atoms with Gasteiger partial charge in [-0.2, -0.15) is 0 Å². The van der Waals surface area contributed by atoms with Gasteiger partial charge >= 0.3 is 0 Å². The summed E-state index contributed by atoms with van der Waals surface area (Å²) in [5, 5.41) is 3.33. The molecule has 1 aliphatic heterocycles. The highest BCUT2D eigenvalue weighted by molar-refractivity contribution is 6.69. The first-order valence-corrected chi connectivity index (χ1v) is 17.6. The molecule has 1 saturated heterocycles. The van der Waals surface area contributed by atoms with Crippen LogP contribution in [0.1, 0.15) is 12.8 Å². The number of hydrogen-bond donors (Lipinski definition) is 1. The molecule has 0 bridgehead atoms. The second-order valence-corrected chi connectivity index (χ2v) is 14.2. The fraction of sp³-hybridized carbons (Fsp3) is 1.00. The fourth-order valence-electron chi connectivity index (χ4n) is 3.28. The smallest absolute Gasteiger partial charge is 0.183 e. The molecule has 0 aromatic rings. The average Bonchev–Trinajstić information content (AvgIpc) is 2.90. The molecule has 1 N–H and O–H groups in total. The summed E-state index contributed by atoms with van der Waals surface area (Å²) in [6.07, 6.45) is 2.55. The Balaban J connectivity index is 1.62. The molecule has 0 saturated carbocycles. The summed E-state index contributed by atoms with van der Waals surface area (Å²) >= 11 is 0. The molecule has 0 atom stereocenters. The van der Waals surface area contributed by atoms with Crippen molar-refractivity contribution in [1.29, 1.82) is 0 Å². The summed E-state index contributed by atoms with van der Waals surface area (Å²) in [4.78, 5) is 0. The second kappa shape index (κ2) is 27.0. The van der Waals surface area contributed by atoms with Gasteiger partial charge in [0.05, 0.1) is 125 Å². The standard InChI is InChI=1S/C26H55NO10Si/c1-38(2,3)37-25-23-35-21-19-33-17-15-31-13-11-29-9-8-28-10-12-30-14-16-32-18-20-34-22-24-36-26-4-6-27-7-5-26/h26-27H,4-25H2,1-3H3. The van der Waals surface area contributed by atoms with Crippen molar-refractivity contribution in [3.63, 3.8) is 0 Å². The first-order valence-electron chi connectivity index (χ1n) is 14.2. The van der Waals surface area contributed by atoms with Crippen LogP contribution in [0.2, 0.25) is 19.6 Å². The van der Waals surface area contributed by atoms with Crippen molar-refractivity contribution in [2.24, 2.45) is 0 Å². The summed E-state index contributed by atoms with van der Waals surface area (Å²) in [6.45, 7) is 18.8. The molecular weight excluding hydrogens is 514 g/mol. The van der Waals surface area contributed by atoms with Crippen molar-refractivity contribution in [2.75, 3.05) is 132 Å². The minimum absolute atomic E-state index is 0.378. The third-order valence-electron chi connectivity index (χ3n) is 5.23. The van der Waals surface area contributed by atoms with Gasteiger partial charge in [-0.25, -0.2) is 0 Å². The van der Waals surface area contributed by atoms with Gasteiger partial charge in [-0.1, -0.05) is 0 Å². The molecule has 0 unspecified atom stereocenters. The van der Waals surface area contributed by atoms with E-state index in [-0.39, 0.29) is 0 Å². The molecule has 0 aromatic heterocycles. The Morgan fingerprint density at radius 1 is 0.447 bits per heavy atom. The van der Waals surface area contributed by atoms with Crippen LogP contribution in [-0.2, 0) is 47.1 Å². The van der Waals surface area contributed by atoms with Crippen LogP contribution in [0.15, 0.2) is 0 Å². The van der Waals surface area contributed by atoms with Crippen LogP contribution in [0.25, 0.3) is 0 Å². The van der Waals surface area contributed by atoms with Crippen LogP contribution in [0, 0.1) is 0 Å². The fourth-order valence-corrected chi connectivity index (χ4v) is 3.98. The van der Waals surface area contributed by atoms with Gasteiger partial charge in [-0.3, -0.25) is 0 Å². The van der Waals surface area contributed by atoms with Gasteiger partial charge in [-0.05, 0) is 45.6 Å².